The first-order valence-electron chi connectivity index (χ1n) is 10.3. The normalized spacial score (nSPS) is 22.0. The molecule has 0 spiro atoms. The number of hydrogen-bond acceptors (Lipinski definition) is 6. The van der Waals surface area contributed by atoms with E-state index in [-0.39, 0.29) is 6.10 Å². The summed E-state index contributed by atoms with van der Waals surface area (Å²) in [7, 11) is 0. The van der Waals surface area contributed by atoms with Crippen LogP contribution in [0.25, 0.3) is 0 Å². The summed E-state index contributed by atoms with van der Waals surface area (Å²) in [6, 6.07) is 13.7. The van der Waals surface area contributed by atoms with Gasteiger partial charge in [-0.3, -0.25) is 5.73 Å². The molecule has 2 aliphatic heterocycles. The van der Waals surface area contributed by atoms with E-state index >= 15 is 0 Å². The van der Waals surface area contributed by atoms with E-state index in [1.165, 1.54) is 0 Å². The fraction of sp³-hybridized carbons (Fsp3) is 0.348. The summed E-state index contributed by atoms with van der Waals surface area (Å²) in [5.74, 6) is 1.47. The number of halogens is 1. The Kier molecular flexibility index (Phi) is 5.99. The van der Waals surface area contributed by atoms with Crippen LogP contribution in [0.2, 0.25) is 5.02 Å². The van der Waals surface area contributed by atoms with Gasteiger partial charge >= 0.3 is 0 Å². The zero-order valence-electron chi connectivity index (χ0n) is 17.3. The molecule has 7 heteroatoms. The number of benzene rings is 2. The van der Waals surface area contributed by atoms with Crippen molar-refractivity contribution >= 4 is 23.2 Å². The third kappa shape index (κ3) is 4.46. The molecule has 2 aliphatic rings. The second kappa shape index (κ2) is 8.68. The molecule has 0 radical (unpaired) electrons. The summed E-state index contributed by atoms with van der Waals surface area (Å²) >= 11 is 6.18. The van der Waals surface area contributed by atoms with E-state index in [9.17, 15) is 0 Å². The summed E-state index contributed by atoms with van der Waals surface area (Å²) in [4.78, 5) is 4.77. The quantitative estimate of drug-likeness (QED) is 0.597. The fourth-order valence-electron chi connectivity index (χ4n) is 3.68. The highest BCUT2D eigenvalue weighted by molar-refractivity contribution is 6.31. The molecule has 2 aromatic carbocycles. The average Bonchev–Trinajstić information content (AvgIpc) is 2.75. The molecule has 1 fully saturated rings. The largest absolute Gasteiger partial charge is 0.490 e. The third-order valence-electron chi connectivity index (χ3n) is 5.62. The number of aliphatic imine (C=N–C) groups is 1. The monoisotopic (exact) mass is 425 g/mol. The number of nitrogens with two attached hydrogens (primary N) is 1. The number of nitrogens with one attached hydrogen (secondary N) is 3. The Morgan fingerprint density at radius 3 is 2.57 bits per heavy atom. The lowest BCUT2D eigenvalue weighted by Crippen LogP contribution is -2.44. The average molecular weight is 426 g/mol. The zero-order chi connectivity index (χ0) is 21.1. The van der Waals surface area contributed by atoms with Crippen LogP contribution in [0.1, 0.15) is 30.9 Å². The molecule has 0 bridgehead atoms. The predicted molar refractivity (Wildman–Crippen MR) is 123 cm³/mol. The summed E-state index contributed by atoms with van der Waals surface area (Å²) in [5, 5.41) is 10.6. The van der Waals surface area contributed by atoms with Gasteiger partial charge in [-0.05, 0) is 86.8 Å². The number of aryl methyl sites for hydroxylation is 1. The molecule has 6 nitrogen and oxygen atoms in total. The molecule has 0 aromatic heterocycles. The van der Waals surface area contributed by atoms with E-state index in [0.29, 0.717) is 11.0 Å². The lowest BCUT2D eigenvalue weighted by atomic mass is 9.92. The van der Waals surface area contributed by atoms with Crippen molar-refractivity contribution in [1.29, 1.82) is 0 Å². The zero-order valence-corrected chi connectivity index (χ0v) is 18.1. The molecular formula is C23H28ClN5O. The topological polar surface area (TPSA) is 83.7 Å². The summed E-state index contributed by atoms with van der Waals surface area (Å²) in [6.45, 7) is 5.95. The molecule has 2 heterocycles. The molecule has 5 N–H and O–H groups in total. The molecule has 1 unspecified atom stereocenters. The number of rotatable bonds is 4. The Hall–Kier alpha value is -2.54. The van der Waals surface area contributed by atoms with Crippen molar-refractivity contribution in [3.8, 4) is 5.75 Å². The molecule has 1 saturated heterocycles. The van der Waals surface area contributed by atoms with Gasteiger partial charge in [0.15, 0.2) is 5.66 Å². The Bertz CT molecular complexity index is 966. The molecule has 30 heavy (non-hydrogen) atoms. The lowest BCUT2D eigenvalue weighted by Gasteiger charge is -2.32. The first kappa shape index (κ1) is 20.7. The third-order valence-corrected chi connectivity index (χ3v) is 6.04. The first-order chi connectivity index (χ1) is 14.4. The molecule has 158 valence electrons. The minimum Gasteiger partial charge on any atom is -0.490 e. The van der Waals surface area contributed by atoms with Crippen molar-refractivity contribution in [3.63, 3.8) is 0 Å². The summed E-state index contributed by atoms with van der Waals surface area (Å²) in [5.41, 5.74) is 9.44. The standard InChI is InChI=1S/C23H28ClN5O/c1-15-13-17(3-8-21(15)24)23(25)16(2)14-27-22(29-23)28-18-4-6-19(7-5-18)30-20-9-11-26-12-10-20/h3-8,13-14,20,26H,9-12,25H2,1-2H3,(H2,27,28,29). The minimum atomic E-state index is -0.957. The van der Waals surface area contributed by atoms with Gasteiger partial charge in [0.1, 0.15) is 11.9 Å². The highest BCUT2D eigenvalue weighted by Crippen LogP contribution is 2.32. The van der Waals surface area contributed by atoms with Crippen LogP contribution in [-0.4, -0.2) is 25.2 Å². The van der Waals surface area contributed by atoms with Crippen molar-refractivity contribution in [1.82, 2.24) is 10.6 Å². The Labute approximate surface area is 182 Å². The van der Waals surface area contributed by atoms with Crippen molar-refractivity contribution in [2.45, 2.75) is 38.5 Å². The van der Waals surface area contributed by atoms with Crippen LogP contribution in [0.5, 0.6) is 5.75 Å². The number of guanidine groups is 1. The molecule has 1 atom stereocenters. The van der Waals surface area contributed by atoms with Crippen LogP contribution in [0, 0.1) is 6.92 Å². The van der Waals surface area contributed by atoms with Gasteiger partial charge in [0, 0.05) is 16.9 Å². The first-order valence-corrected chi connectivity index (χ1v) is 10.7. The van der Waals surface area contributed by atoms with E-state index in [1.807, 2.05) is 62.5 Å². The van der Waals surface area contributed by atoms with Gasteiger partial charge in [-0.2, -0.15) is 0 Å². The van der Waals surface area contributed by atoms with Crippen LogP contribution in [-0.2, 0) is 5.66 Å². The van der Waals surface area contributed by atoms with Gasteiger partial charge in [-0.25, -0.2) is 4.99 Å². The van der Waals surface area contributed by atoms with E-state index < -0.39 is 5.66 Å². The van der Waals surface area contributed by atoms with E-state index in [2.05, 4.69) is 16.0 Å². The van der Waals surface area contributed by atoms with Crippen molar-refractivity contribution < 1.29 is 4.74 Å². The maximum absolute atomic E-state index is 6.71. The van der Waals surface area contributed by atoms with Gasteiger partial charge in [0.05, 0.1) is 0 Å². The Morgan fingerprint density at radius 1 is 1.13 bits per heavy atom. The fourth-order valence-corrected chi connectivity index (χ4v) is 3.80. The molecular weight excluding hydrogens is 398 g/mol. The summed E-state index contributed by atoms with van der Waals surface area (Å²) < 4.78 is 6.07. The van der Waals surface area contributed by atoms with Crippen LogP contribution in [0.3, 0.4) is 0 Å². The van der Waals surface area contributed by atoms with Crippen LogP contribution in [0.15, 0.2) is 59.2 Å². The highest BCUT2D eigenvalue weighted by atomic mass is 35.5. The number of piperidine rings is 1. The number of anilines is 1. The molecule has 4 rings (SSSR count). The van der Waals surface area contributed by atoms with Gasteiger partial charge in [0.25, 0.3) is 0 Å². The highest BCUT2D eigenvalue weighted by Gasteiger charge is 2.32. The van der Waals surface area contributed by atoms with Gasteiger partial charge in [-0.15, -0.1) is 0 Å². The number of nitrogens with zero attached hydrogens (tertiary/aromatic N) is 1. The molecule has 2 aromatic rings. The number of hydrogen-bond donors (Lipinski definition) is 4. The number of ether oxygens (including phenoxy) is 1. The Morgan fingerprint density at radius 2 is 1.87 bits per heavy atom. The maximum atomic E-state index is 6.71. The minimum absolute atomic E-state index is 0.281. The predicted octanol–water partition coefficient (Wildman–Crippen LogP) is 3.87. The lowest BCUT2D eigenvalue weighted by molar-refractivity contribution is 0.162. The maximum Gasteiger partial charge on any atom is 0.202 e. The summed E-state index contributed by atoms with van der Waals surface area (Å²) in [6.07, 6.45) is 4.24. The molecule has 0 aliphatic carbocycles. The van der Waals surface area contributed by atoms with E-state index in [4.69, 9.17) is 27.1 Å². The SMILES string of the molecule is CC1=CNC(Nc2ccc(OC3CCNCC3)cc2)=NC1(N)c1ccc(Cl)c(C)c1. The van der Waals surface area contributed by atoms with Crippen LogP contribution >= 0.6 is 11.6 Å². The second-order valence-electron chi connectivity index (χ2n) is 7.88. The van der Waals surface area contributed by atoms with E-state index in [1.54, 1.807) is 0 Å². The molecule has 0 saturated carbocycles. The van der Waals surface area contributed by atoms with Crippen LogP contribution < -0.4 is 26.4 Å². The van der Waals surface area contributed by atoms with Gasteiger partial charge < -0.3 is 20.7 Å². The van der Waals surface area contributed by atoms with E-state index in [0.717, 1.165) is 54.1 Å². The van der Waals surface area contributed by atoms with Crippen molar-refractivity contribution in [3.05, 3.63) is 70.4 Å². The van der Waals surface area contributed by atoms with Gasteiger partial charge in [0.2, 0.25) is 5.96 Å². The Balaban J connectivity index is 1.48. The van der Waals surface area contributed by atoms with Gasteiger partial charge in [-0.1, -0.05) is 23.7 Å². The van der Waals surface area contributed by atoms with Crippen molar-refractivity contribution in [2.75, 3.05) is 18.4 Å². The second-order valence-corrected chi connectivity index (χ2v) is 8.29. The smallest absolute Gasteiger partial charge is 0.202 e. The van der Waals surface area contributed by atoms with Crippen LogP contribution in [0.4, 0.5) is 5.69 Å². The van der Waals surface area contributed by atoms with Crippen molar-refractivity contribution in [2.24, 2.45) is 10.7 Å². The molecule has 0 amide bonds.